The molecule has 180 valence electrons. The average molecular weight is 493 g/mol. The molecule has 3 fully saturated rings. The third-order valence-electron chi connectivity index (χ3n) is 7.07. The Morgan fingerprint density at radius 3 is 2.53 bits per heavy atom. The van der Waals surface area contributed by atoms with Gasteiger partial charge in [-0.3, -0.25) is 0 Å². The highest BCUT2D eigenvalue weighted by molar-refractivity contribution is 6.29. The van der Waals surface area contributed by atoms with E-state index in [1.807, 2.05) is 12.1 Å². The van der Waals surface area contributed by atoms with Crippen molar-refractivity contribution >= 4 is 28.9 Å². The molecule has 1 N–H and O–H groups in total. The summed E-state index contributed by atoms with van der Waals surface area (Å²) in [6, 6.07) is 7.45. The van der Waals surface area contributed by atoms with E-state index in [-0.39, 0.29) is 11.8 Å². The molecule has 0 unspecified atom stereocenters. The minimum absolute atomic E-state index is 0.0923. The molecule has 34 heavy (non-hydrogen) atoms. The monoisotopic (exact) mass is 492 g/mol. The van der Waals surface area contributed by atoms with Gasteiger partial charge in [0.1, 0.15) is 5.15 Å². The van der Waals surface area contributed by atoms with Crippen LogP contribution in [-0.2, 0) is 0 Å². The summed E-state index contributed by atoms with van der Waals surface area (Å²) in [4.78, 5) is 11.0. The first kappa shape index (κ1) is 21.8. The lowest BCUT2D eigenvalue weighted by Crippen LogP contribution is -2.48. The molecule has 2 aliphatic carbocycles. The fraction of sp³-hybridized carbons (Fsp3) is 0.522. The molecule has 0 radical (unpaired) electrons. The SMILES string of the molecule is FC(F)(F)COc1ccc(C2CC2)n2nc(N[C@@H]3[C@@H]4CC[C@H]3CN(c3ccnc(Cl)c3)C4)nc12. The van der Waals surface area contributed by atoms with Crippen LogP contribution in [0.3, 0.4) is 0 Å². The number of hydrogen-bond acceptors (Lipinski definition) is 6. The van der Waals surface area contributed by atoms with Gasteiger partial charge in [-0.1, -0.05) is 11.6 Å². The number of nitrogens with one attached hydrogen (secondary N) is 1. The van der Waals surface area contributed by atoms with E-state index in [9.17, 15) is 13.2 Å². The molecule has 6 rings (SSSR count). The second-order valence-electron chi connectivity index (χ2n) is 9.48. The minimum atomic E-state index is -4.42. The van der Waals surface area contributed by atoms with E-state index in [1.165, 1.54) is 0 Å². The van der Waals surface area contributed by atoms with E-state index >= 15 is 0 Å². The highest BCUT2D eigenvalue weighted by Gasteiger charge is 2.43. The van der Waals surface area contributed by atoms with Gasteiger partial charge in [0.05, 0.1) is 0 Å². The number of aromatic nitrogens is 4. The zero-order valence-electron chi connectivity index (χ0n) is 18.3. The summed E-state index contributed by atoms with van der Waals surface area (Å²) in [6.45, 7) is 0.410. The van der Waals surface area contributed by atoms with Crippen molar-refractivity contribution in [1.29, 1.82) is 0 Å². The van der Waals surface area contributed by atoms with Crippen LogP contribution >= 0.6 is 11.6 Å². The fourth-order valence-corrected chi connectivity index (χ4v) is 5.55. The Morgan fingerprint density at radius 2 is 1.85 bits per heavy atom. The van der Waals surface area contributed by atoms with Crippen molar-refractivity contribution in [2.24, 2.45) is 11.8 Å². The molecule has 1 aliphatic heterocycles. The molecule has 0 aromatic carbocycles. The predicted molar refractivity (Wildman–Crippen MR) is 122 cm³/mol. The van der Waals surface area contributed by atoms with Crippen molar-refractivity contribution < 1.29 is 17.9 Å². The van der Waals surface area contributed by atoms with Gasteiger partial charge in [-0.25, -0.2) is 9.50 Å². The van der Waals surface area contributed by atoms with Crippen LogP contribution in [0.15, 0.2) is 30.5 Å². The highest BCUT2D eigenvalue weighted by Crippen LogP contribution is 2.42. The van der Waals surface area contributed by atoms with Crippen molar-refractivity contribution in [1.82, 2.24) is 19.6 Å². The van der Waals surface area contributed by atoms with Crippen LogP contribution in [0.4, 0.5) is 24.8 Å². The first-order chi connectivity index (χ1) is 16.3. The molecule has 3 aromatic rings. The Kier molecular flexibility index (Phi) is 5.24. The van der Waals surface area contributed by atoms with Gasteiger partial charge in [0.15, 0.2) is 18.0 Å². The van der Waals surface area contributed by atoms with Crippen LogP contribution in [0.5, 0.6) is 5.75 Å². The topological polar surface area (TPSA) is 67.6 Å². The third kappa shape index (κ3) is 4.23. The van der Waals surface area contributed by atoms with E-state index in [4.69, 9.17) is 16.3 Å². The summed E-state index contributed by atoms with van der Waals surface area (Å²) in [7, 11) is 0. The molecule has 3 atom stereocenters. The Morgan fingerprint density at radius 1 is 1.09 bits per heavy atom. The second-order valence-corrected chi connectivity index (χ2v) is 9.87. The molecule has 1 saturated heterocycles. The van der Waals surface area contributed by atoms with Gasteiger partial charge in [-0.2, -0.15) is 18.2 Å². The van der Waals surface area contributed by atoms with Crippen molar-refractivity contribution in [3.05, 3.63) is 41.3 Å². The summed E-state index contributed by atoms with van der Waals surface area (Å²) in [5, 5.41) is 8.65. The van der Waals surface area contributed by atoms with E-state index in [0.717, 1.165) is 50.2 Å². The Hall–Kier alpha value is -2.75. The summed E-state index contributed by atoms with van der Waals surface area (Å²) in [5.74, 6) is 1.70. The fourth-order valence-electron chi connectivity index (χ4n) is 5.39. The second kappa shape index (κ2) is 8.18. The van der Waals surface area contributed by atoms with Gasteiger partial charge in [0, 0.05) is 42.6 Å². The summed E-state index contributed by atoms with van der Waals surface area (Å²) in [5.41, 5.74) is 2.36. The Labute approximate surface area is 199 Å². The molecule has 4 heterocycles. The number of fused-ring (bicyclic) bond motifs is 3. The third-order valence-corrected chi connectivity index (χ3v) is 7.28. The molecular formula is C23H24ClF3N6O. The van der Waals surface area contributed by atoms with Crippen LogP contribution in [-0.4, -0.2) is 51.5 Å². The Balaban J connectivity index is 1.24. The van der Waals surface area contributed by atoms with E-state index in [1.54, 1.807) is 22.8 Å². The number of hydrogen-bond donors (Lipinski definition) is 1. The van der Waals surface area contributed by atoms with Crippen LogP contribution in [0.1, 0.15) is 37.3 Å². The van der Waals surface area contributed by atoms with Crippen LogP contribution in [0.2, 0.25) is 5.15 Å². The zero-order valence-corrected chi connectivity index (χ0v) is 19.1. The van der Waals surface area contributed by atoms with Crippen molar-refractivity contribution in [2.45, 2.75) is 43.8 Å². The maximum Gasteiger partial charge on any atom is 0.422 e. The Bertz CT molecular complexity index is 1200. The maximum absolute atomic E-state index is 12.7. The molecule has 11 heteroatoms. The standard InChI is InChI=1S/C23H24ClF3N6O/c24-19-9-16(7-8-28-19)32-10-14-3-4-15(11-32)20(14)29-22-30-21-18(34-12-23(25,26)27)6-5-17(13-1-2-13)33(21)31-22/h5-9,13-15,20H,1-4,10-12H2,(H,29,31)/t14-,15+,20-. The summed E-state index contributed by atoms with van der Waals surface area (Å²) in [6.07, 6.45) is 1.58. The maximum atomic E-state index is 12.7. The zero-order chi connectivity index (χ0) is 23.4. The lowest BCUT2D eigenvalue weighted by atomic mass is 9.92. The summed E-state index contributed by atoms with van der Waals surface area (Å²) >= 11 is 6.09. The van der Waals surface area contributed by atoms with E-state index in [2.05, 4.69) is 25.3 Å². The van der Waals surface area contributed by atoms with E-state index in [0.29, 0.717) is 34.5 Å². The van der Waals surface area contributed by atoms with Gasteiger partial charge in [0.2, 0.25) is 5.95 Å². The van der Waals surface area contributed by atoms with Gasteiger partial charge >= 0.3 is 6.18 Å². The van der Waals surface area contributed by atoms with Gasteiger partial charge in [0.25, 0.3) is 0 Å². The quantitative estimate of drug-likeness (QED) is 0.492. The van der Waals surface area contributed by atoms with Gasteiger partial charge in [-0.15, -0.1) is 5.10 Å². The molecule has 0 amide bonds. The van der Waals surface area contributed by atoms with Gasteiger partial charge in [-0.05, 0) is 61.8 Å². The molecule has 2 saturated carbocycles. The molecular weight excluding hydrogens is 469 g/mol. The number of ether oxygens (including phenoxy) is 1. The molecule has 3 aliphatic rings. The number of halogens is 4. The molecule has 0 spiro atoms. The van der Waals surface area contributed by atoms with Crippen molar-refractivity contribution in [3.63, 3.8) is 0 Å². The normalized spacial score (nSPS) is 24.6. The first-order valence-electron chi connectivity index (χ1n) is 11.6. The lowest BCUT2D eigenvalue weighted by molar-refractivity contribution is -0.153. The van der Waals surface area contributed by atoms with Crippen molar-refractivity contribution in [3.8, 4) is 5.75 Å². The predicted octanol–water partition coefficient (Wildman–Crippen LogP) is 4.92. The smallest absolute Gasteiger partial charge is 0.422 e. The minimum Gasteiger partial charge on any atom is -0.480 e. The molecule has 7 nitrogen and oxygen atoms in total. The number of piperidine rings is 1. The van der Waals surface area contributed by atoms with Crippen LogP contribution in [0, 0.1) is 11.8 Å². The number of pyridine rings is 2. The number of nitrogens with zero attached hydrogens (tertiary/aromatic N) is 5. The van der Waals surface area contributed by atoms with Crippen molar-refractivity contribution in [2.75, 3.05) is 29.9 Å². The average Bonchev–Trinajstić information content (AvgIpc) is 3.50. The summed E-state index contributed by atoms with van der Waals surface area (Å²) < 4.78 is 45.0. The van der Waals surface area contributed by atoms with E-state index < -0.39 is 12.8 Å². The number of alkyl halides is 3. The number of rotatable bonds is 6. The molecule has 3 aromatic heterocycles. The lowest BCUT2D eigenvalue weighted by Gasteiger charge is -2.39. The number of anilines is 2. The van der Waals surface area contributed by atoms with Crippen LogP contribution in [0.25, 0.3) is 5.65 Å². The van der Waals surface area contributed by atoms with Gasteiger partial charge < -0.3 is 15.0 Å². The highest BCUT2D eigenvalue weighted by atomic mass is 35.5. The van der Waals surface area contributed by atoms with Crippen LogP contribution < -0.4 is 15.0 Å². The largest absolute Gasteiger partial charge is 0.480 e. The first-order valence-corrected chi connectivity index (χ1v) is 11.9. The molecule has 2 bridgehead atoms.